The van der Waals surface area contributed by atoms with Crippen LogP contribution in [0.25, 0.3) is 0 Å². The van der Waals surface area contributed by atoms with Gasteiger partial charge in [0.05, 0.1) is 6.04 Å². The number of carbonyl (C=O) groups excluding carboxylic acids is 2. The van der Waals surface area contributed by atoms with Gasteiger partial charge in [0.25, 0.3) is 0 Å². The smallest absolute Gasteiger partial charge is 0.243 e. The van der Waals surface area contributed by atoms with Crippen LogP contribution < -0.4 is 5.32 Å². The fraction of sp³-hybridized carbons (Fsp3) is 0.882. The SMILES string of the molecule is C[C@@H](C(=O)NC1CC1)N1CCN(C(=O)C2(N(C)C)CCC2)CC1. The number of amides is 2. The molecule has 0 radical (unpaired) electrons. The normalized spacial score (nSPS) is 25.8. The predicted octanol–water partition coefficient (Wildman–Crippen LogP) is 0.282. The second-order valence-corrected chi connectivity index (χ2v) is 7.57. The maximum Gasteiger partial charge on any atom is 0.243 e. The topological polar surface area (TPSA) is 55.9 Å². The Morgan fingerprint density at radius 3 is 2.17 bits per heavy atom. The average Bonchev–Trinajstić information content (AvgIpc) is 3.29. The average molecular weight is 322 g/mol. The quantitative estimate of drug-likeness (QED) is 0.790. The van der Waals surface area contributed by atoms with E-state index in [1.54, 1.807) is 0 Å². The monoisotopic (exact) mass is 322 g/mol. The number of nitrogens with zero attached hydrogens (tertiary/aromatic N) is 3. The van der Waals surface area contributed by atoms with E-state index in [9.17, 15) is 9.59 Å². The summed E-state index contributed by atoms with van der Waals surface area (Å²) in [6, 6.07) is 0.311. The zero-order valence-electron chi connectivity index (χ0n) is 14.7. The molecule has 1 atom stereocenters. The lowest BCUT2D eigenvalue weighted by atomic mass is 9.74. The Balaban J connectivity index is 1.51. The second-order valence-electron chi connectivity index (χ2n) is 7.57. The summed E-state index contributed by atoms with van der Waals surface area (Å²) in [5.41, 5.74) is -0.267. The van der Waals surface area contributed by atoms with Gasteiger partial charge in [0.2, 0.25) is 11.8 Å². The van der Waals surface area contributed by atoms with E-state index in [1.807, 2.05) is 25.9 Å². The van der Waals surface area contributed by atoms with Gasteiger partial charge in [-0.05, 0) is 53.1 Å². The van der Waals surface area contributed by atoms with Gasteiger partial charge in [-0.2, -0.15) is 0 Å². The molecule has 0 bridgehead atoms. The molecule has 130 valence electrons. The molecule has 3 rings (SSSR count). The molecule has 1 heterocycles. The summed E-state index contributed by atoms with van der Waals surface area (Å²) in [7, 11) is 4.02. The molecule has 2 saturated carbocycles. The molecule has 3 fully saturated rings. The lowest BCUT2D eigenvalue weighted by molar-refractivity contribution is -0.151. The van der Waals surface area contributed by atoms with Crippen molar-refractivity contribution in [2.24, 2.45) is 0 Å². The van der Waals surface area contributed by atoms with Crippen LogP contribution >= 0.6 is 0 Å². The Morgan fingerprint density at radius 1 is 1.13 bits per heavy atom. The van der Waals surface area contributed by atoms with Crippen LogP contribution in [0.15, 0.2) is 0 Å². The number of carbonyl (C=O) groups is 2. The third-order valence-electron chi connectivity index (χ3n) is 5.89. The van der Waals surface area contributed by atoms with Crippen LogP contribution in [0.4, 0.5) is 0 Å². The zero-order valence-corrected chi connectivity index (χ0v) is 14.7. The molecular weight excluding hydrogens is 292 g/mol. The van der Waals surface area contributed by atoms with Gasteiger partial charge >= 0.3 is 0 Å². The van der Waals surface area contributed by atoms with Gasteiger partial charge in [-0.1, -0.05) is 0 Å². The number of piperazine rings is 1. The number of likely N-dealkylation sites (N-methyl/N-ethyl adjacent to an activating group) is 1. The minimum absolute atomic E-state index is 0.0978. The molecule has 6 heteroatoms. The Hall–Kier alpha value is -1.14. The van der Waals surface area contributed by atoms with E-state index in [0.717, 1.165) is 58.3 Å². The first-order valence-electron chi connectivity index (χ1n) is 8.95. The van der Waals surface area contributed by atoms with Gasteiger partial charge in [0.1, 0.15) is 5.54 Å². The third-order valence-corrected chi connectivity index (χ3v) is 5.89. The molecule has 2 amide bonds. The van der Waals surface area contributed by atoms with Crippen LogP contribution in [0.1, 0.15) is 39.0 Å². The Labute approximate surface area is 139 Å². The molecule has 0 unspecified atom stereocenters. The summed E-state index contributed by atoms with van der Waals surface area (Å²) >= 11 is 0. The first kappa shape index (κ1) is 16.7. The minimum Gasteiger partial charge on any atom is -0.352 e. The Bertz CT molecular complexity index is 463. The fourth-order valence-corrected chi connectivity index (χ4v) is 3.69. The van der Waals surface area contributed by atoms with Crippen LogP contribution in [0.5, 0.6) is 0 Å². The Kier molecular flexibility index (Phi) is 4.65. The summed E-state index contributed by atoms with van der Waals surface area (Å²) in [6.07, 6.45) is 5.32. The van der Waals surface area contributed by atoms with Crippen molar-refractivity contribution in [2.75, 3.05) is 40.3 Å². The van der Waals surface area contributed by atoms with E-state index in [4.69, 9.17) is 0 Å². The molecule has 0 aromatic carbocycles. The summed E-state index contributed by atoms with van der Waals surface area (Å²) in [5.74, 6) is 0.416. The minimum atomic E-state index is -0.267. The van der Waals surface area contributed by atoms with Gasteiger partial charge in [-0.15, -0.1) is 0 Å². The molecule has 1 aliphatic heterocycles. The van der Waals surface area contributed by atoms with Crippen LogP contribution in [-0.2, 0) is 9.59 Å². The highest BCUT2D eigenvalue weighted by Gasteiger charge is 2.48. The number of rotatable bonds is 5. The van der Waals surface area contributed by atoms with Crippen molar-refractivity contribution < 1.29 is 9.59 Å². The largest absolute Gasteiger partial charge is 0.352 e. The van der Waals surface area contributed by atoms with E-state index in [1.165, 1.54) is 0 Å². The first-order chi connectivity index (χ1) is 10.9. The van der Waals surface area contributed by atoms with E-state index in [-0.39, 0.29) is 23.4 Å². The molecule has 0 aromatic heterocycles. The highest BCUT2D eigenvalue weighted by molar-refractivity contribution is 5.87. The summed E-state index contributed by atoms with van der Waals surface area (Å²) in [5, 5.41) is 3.07. The third kappa shape index (κ3) is 3.24. The first-order valence-corrected chi connectivity index (χ1v) is 8.95. The van der Waals surface area contributed by atoms with Gasteiger partial charge in [0.15, 0.2) is 0 Å². The molecule has 2 aliphatic carbocycles. The summed E-state index contributed by atoms with van der Waals surface area (Å²) < 4.78 is 0. The number of nitrogens with one attached hydrogen (secondary N) is 1. The van der Waals surface area contributed by atoms with Crippen molar-refractivity contribution in [3.63, 3.8) is 0 Å². The van der Waals surface area contributed by atoms with Crippen LogP contribution in [-0.4, -0.2) is 84.4 Å². The predicted molar refractivity (Wildman–Crippen MR) is 89.0 cm³/mol. The van der Waals surface area contributed by atoms with E-state index < -0.39 is 0 Å². The van der Waals surface area contributed by atoms with Gasteiger partial charge in [-0.25, -0.2) is 0 Å². The van der Waals surface area contributed by atoms with Gasteiger partial charge < -0.3 is 10.2 Å². The standard InChI is InChI=1S/C17H30N4O2/c1-13(15(22)18-14-5-6-14)20-9-11-21(12-10-20)16(23)17(19(2)3)7-4-8-17/h13-14H,4-12H2,1-3H3,(H,18,22)/t13-/m0/s1. The molecule has 1 N–H and O–H groups in total. The van der Waals surface area contributed by atoms with Crippen LogP contribution in [0.2, 0.25) is 0 Å². The summed E-state index contributed by atoms with van der Waals surface area (Å²) in [4.78, 5) is 31.4. The van der Waals surface area contributed by atoms with Crippen molar-refractivity contribution >= 4 is 11.8 Å². The lowest BCUT2D eigenvalue weighted by Crippen LogP contribution is -2.64. The van der Waals surface area contributed by atoms with Crippen molar-refractivity contribution in [1.29, 1.82) is 0 Å². The van der Waals surface area contributed by atoms with Crippen molar-refractivity contribution in [2.45, 2.75) is 56.7 Å². The second kappa shape index (κ2) is 6.40. The van der Waals surface area contributed by atoms with Crippen molar-refractivity contribution in [1.82, 2.24) is 20.0 Å². The molecule has 23 heavy (non-hydrogen) atoms. The Morgan fingerprint density at radius 2 is 1.74 bits per heavy atom. The van der Waals surface area contributed by atoms with Crippen LogP contribution in [0.3, 0.4) is 0 Å². The van der Waals surface area contributed by atoms with E-state index in [2.05, 4.69) is 15.1 Å². The molecular formula is C17H30N4O2. The number of hydrogen-bond donors (Lipinski definition) is 1. The molecule has 0 spiro atoms. The molecule has 0 aromatic rings. The summed E-state index contributed by atoms with van der Waals surface area (Å²) in [6.45, 7) is 5.01. The maximum atomic E-state index is 12.9. The fourth-order valence-electron chi connectivity index (χ4n) is 3.69. The maximum absolute atomic E-state index is 12.9. The van der Waals surface area contributed by atoms with E-state index in [0.29, 0.717) is 6.04 Å². The molecule has 6 nitrogen and oxygen atoms in total. The van der Waals surface area contributed by atoms with Crippen LogP contribution in [0, 0.1) is 0 Å². The highest BCUT2D eigenvalue weighted by Crippen LogP contribution is 2.38. The van der Waals surface area contributed by atoms with Crippen molar-refractivity contribution in [3.8, 4) is 0 Å². The van der Waals surface area contributed by atoms with Gasteiger partial charge in [0, 0.05) is 32.2 Å². The molecule has 3 aliphatic rings. The number of hydrogen-bond acceptors (Lipinski definition) is 4. The van der Waals surface area contributed by atoms with E-state index >= 15 is 0 Å². The zero-order chi connectivity index (χ0) is 16.6. The van der Waals surface area contributed by atoms with Crippen molar-refractivity contribution in [3.05, 3.63) is 0 Å². The lowest BCUT2D eigenvalue weighted by Gasteiger charge is -2.49. The highest BCUT2D eigenvalue weighted by atomic mass is 16.2. The van der Waals surface area contributed by atoms with Gasteiger partial charge in [-0.3, -0.25) is 19.4 Å². The molecule has 1 saturated heterocycles.